The molecule has 0 aromatic heterocycles. The third-order valence-corrected chi connectivity index (χ3v) is 3.83. The highest BCUT2D eigenvalue weighted by molar-refractivity contribution is 5.56. The van der Waals surface area contributed by atoms with E-state index in [1.807, 2.05) is 18.2 Å². The van der Waals surface area contributed by atoms with Crippen LogP contribution in [0.2, 0.25) is 0 Å². The van der Waals surface area contributed by atoms with Gasteiger partial charge in [-0.15, -0.1) is 0 Å². The van der Waals surface area contributed by atoms with E-state index in [0.717, 1.165) is 17.2 Å². The van der Waals surface area contributed by atoms with Crippen LogP contribution in [-0.2, 0) is 0 Å². The van der Waals surface area contributed by atoms with Crippen LogP contribution in [0, 0.1) is 13.8 Å². The summed E-state index contributed by atoms with van der Waals surface area (Å²) in [4.78, 5) is 0. The van der Waals surface area contributed by atoms with E-state index in [1.54, 1.807) is 0 Å². The number of hydrogen-bond donors (Lipinski definition) is 1. The van der Waals surface area contributed by atoms with Gasteiger partial charge in [0.25, 0.3) is 0 Å². The summed E-state index contributed by atoms with van der Waals surface area (Å²) in [6.07, 6.45) is 0. The number of nitrogens with one attached hydrogen (secondary N) is 1. The molecule has 1 aliphatic heterocycles. The first kappa shape index (κ1) is 13.8. The van der Waals surface area contributed by atoms with Crippen molar-refractivity contribution in [2.24, 2.45) is 0 Å². The van der Waals surface area contributed by atoms with Gasteiger partial charge in [0.2, 0.25) is 0 Å². The highest BCUT2D eigenvalue weighted by atomic mass is 16.6. The molecule has 1 N–H and O–H groups in total. The summed E-state index contributed by atoms with van der Waals surface area (Å²) in [5, 5.41) is 3.54. The number of anilines is 1. The molecule has 0 aliphatic carbocycles. The first-order valence-electron chi connectivity index (χ1n) is 7.37. The molecule has 0 saturated heterocycles. The van der Waals surface area contributed by atoms with Gasteiger partial charge in [-0.2, -0.15) is 0 Å². The molecule has 21 heavy (non-hydrogen) atoms. The quantitative estimate of drug-likeness (QED) is 0.913. The van der Waals surface area contributed by atoms with Crippen molar-refractivity contribution < 1.29 is 9.47 Å². The summed E-state index contributed by atoms with van der Waals surface area (Å²) in [6, 6.07) is 12.8. The van der Waals surface area contributed by atoms with Crippen LogP contribution in [0.3, 0.4) is 0 Å². The van der Waals surface area contributed by atoms with Crippen molar-refractivity contribution in [3.63, 3.8) is 0 Å². The Hall–Kier alpha value is -2.16. The number of ether oxygens (including phenoxy) is 2. The minimum absolute atomic E-state index is 0.243. The molecule has 0 bridgehead atoms. The molecule has 3 nitrogen and oxygen atoms in total. The third kappa shape index (κ3) is 2.97. The Bertz CT molecular complexity index is 652. The van der Waals surface area contributed by atoms with E-state index < -0.39 is 0 Å². The number of benzene rings is 2. The molecule has 0 fully saturated rings. The fourth-order valence-electron chi connectivity index (χ4n) is 2.69. The van der Waals surface area contributed by atoms with Gasteiger partial charge in [-0.05, 0) is 44.0 Å². The van der Waals surface area contributed by atoms with Gasteiger partial charge in [0, 0.05) is 17.8 Å². The normalized spacial score (nSPS) is 14.6. The van der Waals surface area contributed by atoms with Crippen molar-refractivity contribution in [3.8, 4) is 11.5 Å². The number of aryl methyl sites for hydroxylation is 2. The van der Waals surface area contributed by atoms with Gasteiger partial charge in [0.05, 0.1) is 0 Å². The van der Waals surface area contributed by atoms with Crippen LogP contribution >= 0.6 is 0 Å². The van der Waals surface area contributed by atoms with Gasteiger partial charge in [-0.1, -0.05) is 23.8 Å². The van der Waals surface area contributed by atoms with Crippen molar-refractivity contribution in [1.29, 1.82) is 0 Å². The van der Waals surface area contributed by atoms with Crippen LogP contribution in [0.1, 0.15) is 29.7 Å². The molecule has 2 aromatic rings. The lowest BCUT2D eigenvalue weighted by molar-refractivity contribution is 0.171. The summed E-state index contributed by atoms with van der Waals surface area (Å²) in [7, 11) is 0. The van der Waals surface area contributed by atoms with Gasteiger partial charge in [0.15, 0.2) is 11.5 Å². The SMILES string of the molecule is Cc1ccc(C)c(C(C)Nc2ccc3c(c2)OCCO3)c1. The maximum Gasteiger partial charge on any atom is 0.163 e. The fraction of sp³-hybridized carbons (Fsp3) is 0.333. The van der Waals surface area contributed by atoms with E-state index >= 15 is 0 Å². The van der Waals surface area contributed by atoms with Crippen molar-refractivity contribution in [2.45, 2.75) is 26.8 Å². The molecule has 3 heteroatoms. The van der Waals surface area contributed by atoms with E-state index in [9.17, 15) is 0 Å². The molecule has 3 rings (SSSR count). The molecule has 110 valence electrons. The smallest absolute Gasteiger partial charge is 0.163 e. The Balaban J connectivity index is 1.81. The Morgan fingerprint density at radius 2 is 1.71 bits per heavy atom. The van der Waals surface area contributed by atoms with E-state index in [2.05, 4.69) is 44.3 Å². The molecule has 1 heterocycles. The van der Waals surface area contributed by atoms with Crippen LogP contribution < -0.4 is 14.8 Å². The summed E-state index contributed by atoms with van der Waals surface area (Å²) in [5.41, 5.74) is 4.96. The fourth-order valence-corrected chi connectivity index (χ4v) is 2.69. The van der Waals surface area contributed by atoms with Gasteiger partial charge in [-0.25, -0.2) is 0 Å². The molecule has 1 unspecified atom stereocenters. The summed E-state index contributed by atoms with van der Waals surface area (Å²) in [5.74, 6) is 1.64. The highest BCUT2D eigenvalue weighted by Crippen LogP contribution is 2.34. The third-order valence-electron chi connectivity index (χ3n) is 3.83. The lowest BCUT2D eigenvalue weighted by Crippen LogP contribution is -2.15. The predicted molar refractivity (Wildman–Crippen MR) is 85.4 cm³/mol. The van der Waals surface area contributed by atoms with Crippen molar-refractivity contribution in [2.75, 3.05) is 18.5 Å². The number of hydrogen-bond acceptors (Lipinski definition) is 3. The second-order valence-corrected chi connectivity index (χ2v) is 5.58. The van der Waals surface area contributed by atoms with Gasteiger partial charge in [-0.3, -0.25) is 0 Å². The Labute approximate surface area is 125 Å². The van der Waals surface area contributed by atoms with Gasteiger partial charge in [0.1, 0.15) is 13.2 Å². The maximum absolute atomic E-state index is 5.63. The zero-order chi connectivity index (χ0) is 14.8. The lowest BCUT2D eigenvalue weighted by Gasteiger charge is -2.22. The molecule has 0 amide bonds. The van der Waals surface area contributed by atoms with Crippen LogP contribution in [-0.4, -0.2) is 13.2 Å². The molecular weight excluding hydrogens is 262 g/mol. The number of fused-ring (bicyclic) bond motifs is 1. The zero-order valence-corrected chi connectivity index (χ0v) is 12.8. The average molecular weight is 283 g/mol. The summed E-state index contributed by atoms with van der Waals surface area (Å²) >= 11 is 0. The summed E-state index contributed by atoms with van der Waals surface area (Å²) < 4.78 is 11.2. The second-order valence-electron chi connectivity index (χ2n) is 5.58. The summed E-state index contributed by atoms with van der Waals surface area (Å²) in [6.45, 7) is 7.69. The maximum atomic E-state index is 5.63. The van der Waals surface area contributed by atoms with Crippen molar-refractivity contribution >= 4 is 5.69 Å². The Kier molecular flexibility index (Phi) is 3.74. The minimum Gasteiger partial charge on any atom is -0.486 e. The largest absolute Gasteiger partial charge is 0.486 e. The van der Waals surface area contributed by atoms with E-state index in [-0.39, 0.29) is 6.04 Å². The van der Waals surface area contributed by atoms with Crippen LogP contribution in [0.4, 0.5) is 5.69 Å². The van der Waals surface area contributed by atoms with Gasteiger partial charge < -0.3 is 14.8 Å². The van der Waals surface area contributed by atoms with E-state index in [1.165, 1.54) is 16.7 Å². The highest BCUT2D eigenvalue weighted by Gasteiger charge is 2.14. The molecule has 0 radical (unpaired) electrons. The standard InChI is InChI=1S/C18H21NO2/c1-12-4-5-13(2)16(10-12)14(3)19-15-6-7-17-18(11-15)21-9-8-20-17/h4-7,10-11,14,19H,8-9H2,1-3H3. The van der Waals surface area contributed by atoms with Crippen LogP contribution in [0.5, 0.6) is 11.5 Å². The molecule has 0 spiro atoms. The van der Waals surface area contributed by atoms with Crippen LogP contribution in [0.15, 0.2) is 36.4 Å². The first-order chi connectivity index (χ1) is 10.1. The zero-order valence-electron chi connectivity index (χ0n) is 12.8. The van der Waals surface area contributed by atoms with Crippen LogP contribution in [0.25, 0.3) is 0 Å². The van der Waals surface area contributed by atoms with Crippen molar-refractivity contribution in [3.05, 3.63) is 53.1 Å². The lowest BCUT2D eigenvalue weighted by atomic mass is 10.00. The molecule has 0 saturated carbocycles. The Morgan fingerprint density at radius 1 is 0.952 bits per heavy atom. The average Bonchev–Trinajstić information content (AvgIpc) is 2.49. The number of rotatable bonds is 3. The predicted octanol–water partition coefficient (Wildman–Crippen LogP) is 4.25. The minimum atomic E-state index is 0.243. The molecular formula is C18H21NO2. The molecule has 2 aromatic carbocycles. The first-order valence-corrected chi connectivity index (χ1v) is 7.37. The van der Waals surface area contributed by atoms with E-state index in [0.29, 0.717) is 13.2 Å². The van der Waals surface area contributed by atoms with Gasteiger partial charge >= 0.3 is 0 Å². The monoisotopic (exact) mass is 283 g/mol. The van der Waals surface area contributed by atoms with Crippen molar-refractivity contribution in [1.82, 2.24) is 0 Å². The molecule has 1 aliphatic rings. The second kappa shape index (κ2) is 5.68. The Morgan fingerprint density at radius 3 is 2.52 bits per heavy atom. The topological polar surface area (TPSA) is 30.5 Å². The molecule has 1 atom stereocenters. The van der Waals surface area contributed by atoms with E-state index in [4.69, 9.17) is 9.47 Å².